The molecule has 0 spiro atoms. The number of hydrogen-bond donors (Lipinski definition) is 0. The van der Waals surface area contributed by atoms with E-state index in [9.17, 15) is 4.39 Å². The van der Waals surface area contributed by atoms with Gasteiger partial charge in [-0.05, 0) is 80.2 Å². The molecule has 0 aliphatic heterocycles. The fourth-order valence-electron chi connectivity index (χ4n) is 4.56. The second kappa shape index (κ2) is 11.0. The van der Waals surface area contributed by atoms with Crippen molar-refractivity contribution in [2.45, 2.75) is 45.3 Å². The van der Waals surface area contributed by atoms with Crippen LogP contribution in [-0.4, -0.2) is 41.6 Å². The summed E-state index contributed by atoms with van der Waals surface area (Å²) in [5.41, 5.74) is 2.24. The summed E-state index contributed by atoms with van der Waals surface area (Å²) in [7, 11) is 4.29. The molecule has 34 heavy (non-hydrogen) atoms. The fourth-order valence-corrected chi connectivity index (χ4v) is 4.56. The van der Waals surface area contributed by atoms with Crippen molar-refractivity contribution < 1.29 is 9.13 Å². The minimum Gasteiger partial charge on any atom is -0.493 e. The molecule has 1 fully saturated rings. The minimum absolute atomic E-state index is 0.0998. The highest BCUT2D eigenvalue weighted by atomic mass is 19.1. The van der Waals surface area contributed by atoms with E-state index in [-0.39, 0.29) is 11.9 Å². The molecule has 5 nitrogen and oxygen atoms in total. The second-order valence-corrected chi connectivity index (χ2v) is 9.87. The first-order valence-electron chi connectivity index (χ1n) is 12.1. The lowest BCUT2D eigenvalue weighted by Gasteiger charge is -2.47. The number of ether oxygens (including phenoxy) is 1. The Morgan fingerprint density at radius 3 is 2.21 bits per heavy atom. The first-order chi connectivity index (χ1) is 16.4. The molecule has 180 valence electrons. The SMILES string of the molecule is CC(C)COc1ccc(C(C2CC(N(C)C)C2)N(Cc2ccc(F)cc2)c2ncccn2)cc1. The van der Waals surface area contributed by atoms with Crippen molar-refractivity contribution in [1.29, 1.82) is 0 Å². The Kier molecular flexibility index (Phi) is 7.78. The zero-order chi connectivity index (χ0) is 24.1. The Bertz CT molecular complexity index is 1020. The third-order valence-electron chi connectivity index (χ3n) is 6.54. The summed E-state index contributed by atoms with van der Waals surface area (Å²) in [6.45, 7) is 5.60. The van der Waals surface area contributed by atoms with Crippen LogP contribution in [-0.2, 0) is 6.54 Å². The molecule has 1 heterocycles. The second-order valence-electron chi connectivity index (χ2n) is 9.87. The van der Waals surface area contributed by atoms with Gasteiger partial charge in [-0.25, -0.2) is 14.4 Å². The molecule has 0 amide bonds. The summed E-state index contributed by atoms with van der Waals surface area (Å²) in [5.74, 6) is 2.28. The van der Waals surface area contributed by atoms with E-state index in [4.69, 9.17) is 4.74 Å². The van der Waals surface area contributed by atoms with Crippen LogP contribution in [0.1, 0.15) is 43.9 Å². The lowest BCUT2D eigenvalue weighted by molar-refractivity contribution is 0.102. The van der Waals surface area contributed by atoms with Crippen LogP contribution in [0.2, 0.25) is 0 Å². The van der Waals surface area contributed by atoms with Gasteiger partial charge in [-0.1, -0.05) is 38.1 Å². The van der Waals surface area contributed by atoms with Crippen molar-refractivity contribution in [3.8, 4) is 5.75 Å². The van der Waals surface area contributed by atoms with E-state index in [1.54, 1.807) is 12.4 Å². The standard InChI is InChI=1S/C28H35FN4O/c1-20(2)19-34-26-12-8-22(9-13-26)27(23-16-25(17-23)32(3)4)33(28-30-14-5-15-31-28)18-21-6-10-24(29)11-7-21/h5-15,20,23,25,27H,16-19H2,1-4H3. The summed E-state index contributed by atoms with van der Waals surface area (Å²) < 4.78 is 19.5. The molecular formula is C28H35FN4O. The van der Waals surface area contributed by atoms with Crippen molar-refractivity contribution in [2.75, 3.05) is 25.6 Å². The molecule has 6 heteroatoms. The Labute approximate surface area is 202 Å². The summed E-state index contributed by atoms with van der Waals surface area (Å²) in [5, 5.41) is 0. The minimum atomic E-state index is -0.229. The average molecular weight is 463 g/mol. The molecule has 1 unspecified atom stereocenters. The molecule has 0 radical (unpaired) electrons. The summed E-state index contributed by atoms with van der Waals surface area (Å²) in [6.07, 6.45) is 5.78. The van der Waals surface area contributed by atoms with Gasteiger partial charge >= 0.3 is 0 Å². The smallest absolute Gasteiger partial charge is 0.226 e. The molecule has 3 aromatic rings. The lowest BCUT2D eigenvalue weighted by atomic mass is 9.72. The van der Waals surface area contributed by atoms with Crippen molar-refractivity contribution in [3.05, 3.63) is 83.9 Å². The van der Waals surface area contributed by atoms with Crippen LogP contribution in [0.3, 0.4) is 0 Å². The maximum atomic E-state index is 13.6. The zero-order valence-electron chi connectivity index (χ0n) is 20.6. The predicted octanol–water partition coefficient (Wildman–Crippen LogP) is 5.74. The summed E-state index contributed by atoms with van der Waals surface area (Å²) >= 11 is 0. The van der Waals surface area contributed by atoms with Crippen LogP contribution in [0.5, 0.6) is 5.75 Å². The first kappa shape index (κ1) is 24.1. The van der Waals surface area contributed by atoms with Gasteiger partial charge in [0.05, 0.1) is 12.6 Å². The van der Waals surface area contributed by atoms with Crippen molar-refractivity contribution in [2.24, 2.45) is 11.8 Å². The van der Waals surface area contributed by atoms with Gasteiger partial charge in [0.25, 0.3) is 0 Å². The zero-order valence-corrected chi connectivity index (χ0v) is 20.6. The number of halogens is 1. The van der Waals surface area contributed by atoms with Crippen LogP contribution >= 0.6 is 0 Å². The summed E-state index contributed by atoms with van der Waals surface area (Å²) in [6, 6.07) is 17.7. The molecular weight excluding hydrogens is 427 g/mol. The van der Waals surface area contributed by atoms with Crippen LogP contribution in [0, 0.1) is 17.7 Å². The normalized spacial score (nSPS) is 18.6. The first-order valence-corrected chi connectivity index (χ1v) is 12.1. The molecule has 1 atom stereocenters. The van der Waals surface area contributed by atoms with E-state index >= 15 is 0 Å². The van der Waals surface area contributed by atoms with Gasteiger partial charge in [-0.3, -0.25) is 0 Å². The van der Waals surface area contributed by atoms with Gasteiger partial charge in [-0.15, -0.1) is 0 Å². The largest absolute Gasteiger partial charge is 0.493 e. The van der Waals surface area contributed by atoms with E-state index in [0.717, 1.165) is 24.2 Å². The number of aromatic nitrogens is 2. The van der Waals surface area contributed by atoms with Gasteiger partial charge in [0.15, 0.2) is 0 Å². The van der Waals surface area contributed by atoms with E-state index in [2.05, 4.69) is 72.0 Å². The molecule has 0 N–H and O–H groups in total. The molecule has 1 aliphatic carbocycles. The van der Waals surface area contributed by atoms with Crippen molar-refractivity contribution in [1.82, 2.24) is 14.9 Å². The third kappa shape index (κ3) is 5.92. The van der Waals surface area contributed by atoms with Crippen molar-refractivity contribution >= 4 is 5.95 Å². The molecule has 0 saturated heterocycles. The topological polar surface area (TPSA) is 41.5 Å². The predicted molar refractivity (Wildman–Crippen MR) is 134 cm³/mol. The molecule has 0 bridgehead atoms. The van der Waals surface area contributed by atoms with E-state index in [1.165, 1.54) is 17.7 Å². The van der Waals surface area contributed by atoms with E-state index < -0.39 is 0 Å². The quantitative estimate of drug-likeness (QED) is 0.384. The van der Waals surface area contributed by atoms with Crippen molar-refractivity contribution in [3.63, 3.8) is 0 Å². The molecule has 1 aromatic heterocycles. The van der Waals surface area contributed by atoms with Crippen LogP contribution in [0.4, 0.5) is 10.3 Å². The Morgan fingerprint density at radius 2 is 1.62 bits per heavy atom. The Morgan fingerprint density at radius 1 is 0.971 bits per heavy atom. The van der Waals surface area contributed by atoms with Crippen LogP contribution < -0.4 is 9.64 Å². The van der Waals surface area contributed by atoms with Gasteiger partial charge < -0.3 is 14.5 Å². The maximum Gasteiger partial charge on any atom is 0.226 e. The van der Waals surface area contributed by atoms with Gasteiger partial charge in [0.2, 0.25) is 5.95 Å². The highest BCUT2D eigenvalue weighted by molar-refractivity contribution is 5.40. The van der Waals surface area contributed by atoms with Gasteiger partial charge in [0.1, 0.15) is 11.6 Å². The van der Waals surface area contributed by atoms with Crippen LogP contribution in [0.25, 0.3) is 0 Å². The highest BCUT2D eigenvalue weighted by Gasteiger charge is 2.40. The maximum absolute atomic E-state index is 13.6. The molecule has 1 saturated carbocycles. The summed E-state index contributed by atoms with van der Waals surface area (Å²) in [4.78, 5) is 13.8. The number of rotatable bonds is 10. The molecule has 4 rings (SSSR count). The molecule has 1 aliphatic rings. The fraction of sp³-hybridized carbons (Fsp3) is 0.429. The Balaban J connectivity index is 1.67. The van der Waals surface area contributed by atoms with Gasteiger partial charge in [0, 0.05) is 25.0 Å². The number of benzene rings is 2. The number of nitrogens with zero attached hydrogens (tertiary/aromatic N) is 4. The van der Waals surface area contributed by atoms with Crippen LogP contribution in [0.15, 0.2) is 67.0 Å². The Hall–Kier alpha value is -2.99. The monoisotopic (exact) mass is 462 g/mol. The van der Waals surface area contributed by atoms with E-state index in [1.807, 2.05) is 18.2 Å². The third-order valence-corrected chi connectivity index (χ3v) is 6.54. The molecule has 2 aromatic carbocycles. The number of hydrogen-bond acceptors (Lipinski definition) is 5. The highest BCUT2D eigenvalue weighted by Crippen LogP contribution is 2.44. The van der Waals surface area contributed by atoms with E-state index in [0.29, 0.717) is 37.0 Å². The lowest BCUT2D eigenvalue weighted by Crippen LogP contribution is -2.47. The van der Waals surface area contributed by atoms with Gasteiger partial charge in [-0.2, -0.15) is 0 Å². The average Bonchev–Trinajstić information content (AvgIpc) is 2.80. The number of anilines is 1.